The van der Waals surface area contributed by atoms with Crippen molar-refractivity contribution in [2.24, 2.45) is 5.73 Å². The van der Waals surface area contributed by atoms with Crippen LogP contribution in [0, 0.1) is 0 Å². The number of hydrogen-bond donors (Lipinski definition) is 1. The summed E-state index contributed by atoms with van der Waals surface area (Å²) in [7, 11) is 1.73. The number of nitrogens with two attached hydrogens (primary N) is 1. The Bertz CT molecular complexity index is 495. The van der Waals surface area contributed by atoms with Gasteiger partial charge in [0.25, 0.3) is 5.91 Å². The maximum Gasteiger partial charge on any atom is 0.260 e. The minimum absolute atomic E-state index is 0.00380. The lowest BCUT2D eigenvalue weighted by atomic mass is 10.0. The molecule has 0 saturated carbocycles. The van der Waals surface area contributed by atoms with Crippen LogP contribution in [-0.2, 0) is 11.2 Å². The molecule has 0 aliphatic rings. The summed E-state index contributed by atoms with van der Waals surface area (Å²) < 4.78 is 5.62. The second kappa shape index (κ2) is 8.47. The monoisotopic (exact) mass is 332 g/mol. The number of carbonyl (C=O) groups excluding carboxylic acids is 1. The molecule has 0 radical (unpaired) electrons. The fourth-order valence-electron chi connectivity index (χ4n) is 1.77. The predicted molar refractivity (Wildman–Crippen MR) is 87.2 cm³/mol. The molecule has 0 aliphatic heterocycles. The van der Waals surface area contributed by atoms with E-state index in [1.807, 2.05) is 13.8 Å². The summed E-state index contributed by atoms with van der Waals surface area (Å²) in [4.78, 5) is 13.4. The van der Waals surface area contributed by atoms with Crippen LogP contribution >= 0.6 is 23.2 Å². The minimum Gasteiger partial charge on any atom is -0.482 e. The Balaban J connectivity index is 2.91. The number of amides is 1. The zero-order valence-electron chi connectivity index (χ0n) is 12.7. The first-order valence-electron chi connectivity index (χ1n) is 6.99. The van der Waals surface area contributed by atoms with Crippen LogP contribution in [0.5, 0.6) is 5.75 Å². The molecule has 0 aromatic heterocycles. The Labute approximate surface area is 136 Å². The van der Waals surface area contributed by atoms with Crippen LogP contribution in [0.2, 0.25) is 10.0 Å². The van der Waals surface area contributed by atoms with Gasteiger partial charge in [0.05, 0.1) is 5.02 Å². The van der Waals surface area contributed by atoms with Gasteiger partial charge in [-0.2, -0.15) is 0 Å². The highest BCUT2D eigenvalue weighted by atomic mass is 35.5. The van der Waals surface area contributed by atoms with Gasteiger partial charge < -0.3 is 15.4 Å². The smallest absolute Gasteiger partial charge is 0.260 e. The molecule has 1 unspecified atom stereocenters. The van der Waals surface area contributed by atoms with Crippen molar-refractivity contribution in [3.63, 3.8) is 0 Å². The molecular formula is C15H22Cl2N2O2. The fourth-order valence-corrected chi connectivity index (χ4v) is 2.36. The zero-order valence-corrected chi connectivity index (χ0v) is 14.2. The maximum absolute atomic E-state index is 11.8. The molecule has 4 nitrogen and oxygen atoms in total. The van der Waals surface area contributed by atoms with Crippen LogP contribution in [0.15, 0.2) is 12.1 Å². The number of ether oxygens (including phenoxy) is 1. The minimum atomic E-state index is -0.103. The average molecular weight is 333 g/mol. The Morgan fingerprint density at radius 3 is 2.62 bits per heavy atom. The summed E-state index contributed by atoms with van der Waals surface area (Å²) in [5, 5.41) is 0.926. The SMILES string of the molecule is CCC(N)Cc1cc(Cl)cc(Cl)c1OCC(=O)N(C)CC. The molecule has 0 bridgehead atoms. The lowest BCUT2D eigenvalue weighted by Gasteiger charge is -2.18. The third kappa shape index (κ3) is 5.38. The number of halogens is 2. The quantitative estimate of drug-likeness (QED) is 0.834. The van der Waals surface area contributed by atoms with E-state index >= 15 is 0 Å². The molecule has 1 atom stereocenters. The van der Waals surface area contributed by atoms with Crippen LogP contribution in [0.1, 0.15) is 25.8 Å². The molecule has 0 spiro atoms. The van der Waals surface area contributed by atoms with Gasteiger partial charge in [-0.1, -0.05) is 30.1 Å². The topological polar surface area (TPSA) is 55.6 Å². The number of carbonyl (C=O) groups is 1. The van der Waals surface area contributed by atoms with Crippen LogP contribution < -0.4 is 10.5 Å². The molecule has 1 amide bonds. The summed E-state index contributed by atoms with van der Waals surface area (Å²) in [6.45, 7) is 4.49. The lowest BCUT2D eigenvalue weighted by Crippen LogP contribution is -2.31. The molecule has 1 aromatic carbocycles. The van der Waals surface area contributed by atoms with Gasteiger partial charge in [-0.05, 0) is 37.5 Å². The number of benzene rings is 1. The van der Waals surface area contributed by atoms with Crippen molar-refractivity contribution in [2.75, 3.05) is 20.2 Å². The van der Waals surface area contributed by atoms with Gasteiger partial charge in [0.15, 0.2) is 6.61 Å². The van der Waals surface area contributed by atoms with E-state index in [0.29, 0.717) is 28.8 Å². The Kier molecular flexibility index (Phi) is 7.29. The number of nitrogens with zero attached hydrogens (tertiary/aromatic N) is 1. The summed E-state index contributed by atoms with van der Waals surface area (Å²) in [6, 6.07) is 3.38. The van der Waals surface area contributed by atoms with Gasteiger partial charge in [0, 0.05) is 24.7 Å². The fraction of sp³-hybridized carbons (Fsp3) is 0.533. The van der Waals surface area contributed by atoms with E-state index in [1.54, 1.807) is 24.1 Å². The van der Waals surface area contributed by atoms with E-state index < -0.39 is 0 Å². The highest BCUT2D eigenvalue weighted by Gasteiger charge is 2.15. The van der Waals surface area contributed by atoms with Gasteiger partial charge in [0.1, 0.15) is 5.75 Å². The molecule has 118 valence electrons. The third-order valence-electron chi connectivity index (χ3n) is 3.33. The van der Waals surface area contributed by atoms with Crippen molar-refractivity contribution in [1.29, 1.82) is 0 Å². The first-order chi connectivity index (χ1) is 9.88. The standard InChI is InChI=1S/C15H22Cl2N2O2/c1-4-12(18)7-10-6-11(16)8-13(17)15(10)21-9-14(20)19(3)5-2/h6,8,12H,4-5,7,9,18H2,1-3H3. The van der Waals surface area contributed by atoms with E-state index in [9.17, 15) is 4.79 Å². The van der Waals surface area contributed by atoms with Crippen molar-refractivity contribution >= 4 is 29.1 Å². The van der Waals surface area contributed by atoms with E-state index in [2.05, 4.69) is 0 Å². The number of hydrogen-bond acceptors (Lipinski definition) is 3. The zero-order chi connectivity index (χ0) is 16.0. The second-order valence-corrected chi connectivity index (χ2v) is 5.79. The van der Waals surface area contributed by atoms with Crippen molar-refractivity contribution in [2.45, 2.75) is 32.7 Å². The normalized spacial score (nSPS) is 12.1. The molecule has 2 N–H and O–H groups in total. The summed E-state index contributed by atoms with van der Waals surface area (Å²) in [6.07, 6.45) is 1.44. The third-order valence-corrected chi connectivity index (χ3v) is 3.83. The highest BCUT2D eigenvalue weighted by Crippen LogP contribution is 2.33. The lowest BCUT2D eigenvalue weighted by molar-refractivity contribution is -0.131. The highest BCUT2D eigenvalue weighted by molar-refractivity contribution is 6.35. The molecule has 0 fully saturated rings. The van der Waals surface area contributed by atoms with E-state index in [4.69, 9.17) is 33.7 Å². The molecule has 1 aromatic rings. The van der Waals surface area contributed by atoms with Gasteiger partial charge in [-0.3, -0.25) is 4.79 Å². The summed E-state index contributed by atoms with van der Waals surface area (Å²) in [5.74, 6) is 0.386. The Morgan fingerprint density at radius 1 is 1.38 bits per heavy atom. The van der Waals surface area contributed by atoms with Gasteiger partial charge in [-0.25, -0.2) is 0 Å². The molecule has 21 heavy (non-hydrogen) atoms. The van der Waals surface area contributed by atoms with Crippen molar-refractivity contribution in [3.8, 4) is 5.75 Å². The Morgan fingerprint density at radius 2 is 2.05 bits per heavy atom. The van der Waals surface area contributed by atoms with Crippen LogP contribution in [0.3, 0.4) is 0 Å². The van der Waals surface area contributed by atoms with Crippen molar-refractivity contribution < 1.29 is 9.53 Å². The average Bonchev–Trinajstić information content (AvgIpc) is 2.44. The first-order valence-corrected chi connectivity index (χ1v) is 7.74. The van der Waals surface area contributed by atoms with Crippen LogP contribution in [-0.4, -0.2) is 37.0 Å². The Hall–Kier alpha value is -0.970. The molecule has 0 saturated heterocycles. The molecule has 6 heteroatoms. The van der Waals surface area contributed by atoms with E-state index in [-0.39, 0.29) is 18.6 Å². The van der Waals surface area contributed by atoms with Crippen molar-refractivity contribution in [3.05, 3.63) is 27.7 Å². The van der Waals surface area contributed by atoms with E-state index in [1.165, 1.54) is 0 Å². The molecule has 0 heterocycles. The van der Waals surface area contributed by atoms with Gasteiger partial charge in [-0.15, -0.1) is 0 Å². The van der Waals surface area contributed by atoms with Crippen LogP contribution in [0.4, 0.5) is 0 Å². The summed E-state index contributed by atoms with van der Waals surface area (Å²) >= 11 is 12.2. The number of rotatable bonds is 7. The summed E-state index contributed by atoms with van der Waals surface area (Å²) in [5.41, 5.74) is 6.81. The molecule has 0 aliphatic carbocycles. The maximum atomic E-state index is 11.8. The molecule has 1 rings (SSSR count). The van der Waals surface area contributed by atoms with E-state index in [0.717, 1.165) is 12.0 Å². The van der Waals surface area contributed by atoms with Crippen molar-refractivity contribution in [1.82, 2.24) is 4.90 Å². The predicted octanol–water partition coefficient (Wildman–Crippen LogP) is 3.13. The number of likely N-dealkylation sites (N-methyl/N-ethyl adjacent to an activating group) is 1. The van der Waals surface area contributed by atoms with Crippen LogP contribution in [0.25, 0.3) is 0 Å². The van der Waals surface area contributed by atoms with Gasteiger partial charge in [0.2, 0.25) is 0 Å². The largest absolute Gasteiger partial charge is 0.482 e. The molecular weight excluding hydrogens is 311 g/mol. The van der Waals surface area contributed by atoms with Gasteiger partial charge >= 0.3 is 0 Å². The first kappa shape index (κ1) is 18.1. The second-order valence-electron chi connectivity index (χ2n) is 4.94.